The normalized spacial score (nSPS) is 34.9. The predicted octanol–water partition coefficient (Wildman–Crippen LogP) is 0.697. The van der Waals surface area contributed by atoms with Crippen molar-refractivity contribution in [3.05, 3.63) is 12.2 Å². The number of carbonyl (C=O) groups is 1. The van der Waals surface area contributed by atoms with Gasteiger partial charge in [0, 0.05) is 6.04 Å². The zero-order valence-corrected chi connectivity index (χ0v) is 5.77. The summed E-state index contributed by atoms with van der Waals surface area (Å²) in [4.78, 5) is 10.8. The largest absolute Gasteiger partial charge is 0.349 e. The monoisotopic (exact) mass is 125 g/mol. The molecule has 1 aliphatic heterocycles. The molecule has 50 valence electrons. The van der Waals surface area contributed by atoms with Gasteiger partial charge in [0.05, 0.1) is 5.92 Å². The first kappa shape index (κ1) is 6.33. The topological polar surface area (TPSA) is 29.1 Å². The number of amides is 1. The molecule has 2 nitrogen and oxygen atoms in total. The molecular weight excluding hydrogens is 114 g/mol. The fourth-order valence-corrected chi connectivity index (χ4v) is 0.974. The first-order valence-electron chi connectivity index (χ1n) is 3.12. The first-order chi connectivity index (χ1) is 4.13. The smallest absolute Gasteiger partial charge is 0.227 e. The second-order valence-electron chi connectivity index (χ2n) is 2.53. The standard InChI is InChI=1S/C7H11NO/c1-4-5(2)7(9)8-6(4)3/h5-6H,1H2,2-3H3,(H,8,9)/t5-,6+/m1/s1. The van der Waals surface area contributed by atoms with E-state index in [1.807, 2.05) is 13.8 Å². The molecule has 0 aromatic heterocycles. The van der Waals surface area contributed by atoms with Crippen LogP contribution in [0.25, 0.3) is 0 Å². The summed E-state index contributed by atoms with van der Waals surface area (Å²) >= 11 is 0. The van der Waals surface area contributed by atoms with Crippen molar-refractivity contribution in [3.63, 3.8) is 0 Å². The minimum absolute atomic E-state index is 0.0139. The number of hydrogen-bond donors (Lipinski definition) is 1. The molecule has 1 saturated heterocycles. The molecule has 1 heterocycles. The van der Waals surface area contributed by atoms with Gasteiger partial charge in [-0.15, -0.1) is 0 Å². The van der Waals surface area contributed by atoms with Crippen LogP contribution in [-0.4, -0.2) is 11.9 Å². The molecule has 0 aliphatic carbocycles. The maximum atomic E-state index is 10.8. The average Bonchev–Trinajstić information content (AvgIpc) is 1.98. The van der Waals surface area contributed by atoms with Gasteiger partial charge in [0.1, 0.15) is 0 Å². The van der Waals surface area contributed by atoms with Crippen molar-refractivity contribution in [3.8, 4) is 0 Å². The van der Waals surface area contributed by atoms with E-state index in [0.29, 0.717) is 0 Å². The lowest BCUT2D eigenvalue weighted by atomic mass is 10.0. The van der Waals surface area contributed by atoms with Crippen LogP contribution in [0.1, 0.15) is 13.8 Å². The van der Waals surface area contributed by atoms with Crippen molar-refractivity contribution in [1.82, 2.24) is 5.32 Å². The molecule has 1 rings (SSSR count). The Morgan fingerprint density at radius 1 is 1.56 bits per heavy atom. The van der Waals surface area contributed by atoms with Crippen molar-refractivity contribution in [1.29, 1.82) is 0 Å². The zero-order valence-electron chi connectivity index (χ0n) is 5.77. The van der Waals surface area contributed by atoms with Crippen LogP contribution >= 0.6 is 0 Å². The van der Waals surface area contributed by atoms with E-state index >= 15 is 0 Å². The summed E-state index contributed by atoms with van der Waals surface area (Å²) < 4.78 is 0. The van der Waals surface area contributed by atoms with Gasteiger partial charge in [0.15, 0.2) is 0 Å². The molecule has 0 bridgehead atoms. The number of nitrogens with one attached hydrogen (secondary N) is 1. The van der Waals surface area contributed by atoms with Gasteiger partial charge < -0.3 is 5.32 Å². The molecule has 1 N–H and O–H groups in total. The Hall–Kier alpha value is -0.790. The molecule has 0 radical (unpaired) electrons. The van der Waals surface area contributed by atoms with E-state index in [-0.39, 0.29) is 17.9 Å². The van der Waals surface area contributed by atoms with Gasteiger partial charge in [0.25, 0.3) is 0 Å². The maximum Gasteiger partial charge on any atom is 0.227 e. The molecule has 0 aromatic rings. The number of carbonyl (C=O) groups excluding carboxylic acids is 1. The van der Waals surface area contributed by atoms with Crippen molar-refractivity contribution in [2.45, 2.75) is 19.9 Å². The summed E-state index contributed by atoms with van der Waals surface area (Å²) in [6, 6.07) is 0.174. The molecule has 1 fully saturated rings. The van der Waals surface area contributed by atoms with Gasteiger partial charge in [-0.1, -0.05) is 6.58 Å². The maximum absolute atomic E-state index is 10.8. The molecular formula is C7H11NO. The Kier molecular flexibility index (Phi) is 1.31. The number of hydrogen-bond acceptors (Lipinski definition) is 1. The molecule has 1 amide bonds. The Morgan fingerprint density at radius 2 is 2.11 bits per heavy atom. The quantitative estimate of drug-likeness (QED) is 0.474. The molecule has 0 aromatic carbocycles. The summed E-state index contributed by atoms with van der Waals surface area (Å²) in [7, 11) is 0. The average molecular weight is 125 g/mol. The van der Waals surface area contributed by atoms with Crippen molar-refractivity contribution >= 4 is 5.91 Å². The van der Waals surface area contributed by atoms with Gasteiger partial charge in [0.2, 0.25) is 5.91 Å². The van der Waals surface area contributed by atoms with E-state index in [2.05, 4.69) is 11.9 Å². The van der Waals surface area contributed by atoms with E-state index in [4.69, 9.17) is 0 Å². The Bertz CT molecular complexity index is 162. The van der Waals surface area contributed by atoms with Crippen LogP contribution in [0, 0.1) is 5.92 Å². The molecule has 0 unspecified atom stereocenters. The fraction of sp³-hybridized carbons (Fsp3) is 0.571. The third-order valence-corrected chi connectivity index (χ3v) is 1.86. The summed E-state index contributed by atoms with van der Waals surface area (Å²) in [5.74, 6) is 0.118. The van der Waals surface area contributed by atoms with Gasteiger partial charge in [-0.25, -0.2) is 0 Å². The molecule has 0 saturated carbocycles. The highest BCUT2D eigenvalue weighted by Gasteiger charge is 2.28. The highest BCUT2D eigenvalue weighted by atomic mass is 16.2. The summed E-state index contributed by atoms with van der Waals surface area (Å²) in [5.41, 5.74) is 1.00. The highest BCUT2D eigenvalue weighted by Crippen LogP contribution is 2.18. The third-order valence-electron chi connectivity index (χ3n) is 1.86. The molecule has 1 aliphatic rings. The van der Waals surface area contributed by atoms with E-state index < -0.39 is 0 Å². The Labute approximate surface area is 54.9 Å². The highest BCUT2D eigenvalue weighted by molar-refractivity contribution is 5.85. The molecule has 0 spiro atoms. The van der Waals surface area contributed by atoms with Crippen molar-refractivity contribution < 1.29 is 4.79 Å². The van der Waals surface area contributed by atoms with E-state index in [0.717, 1.165) is 5.57 Å². The Morgan fingerprint density at radius 3 is 2.22 bits per heavy atom. The van der Waals surface area contributed by atoms with Crippen LogP contribution in [0.2, 0.25) is 0 Å². The van der Waals surface area contributed by atoms with Crippen LogP contribution < -0.4 is 5.32 Å². The molecule has 2 heteroatoms. The van der Waals surface area contributed by atoms with Crippen molar-refractivity contribution in [2.75, 3.05) is 0 Å². The SMILES string of the molecule is C=C1[C@@H](C)C(=O)N[C@H]1C. The fourth-order valence-electron chi connectivity index (χ4n) is 0.974. The van der Waals surface area contributed by atoms with Crippen molar-refractivity contribution in [2.24, 2.45) is 5.92 Å². The minimum Gasteiger partial charge on any atom is -0.349 e. The number of rotatable bonds is 0. The Balaban J connectivity index is 2.77. The zero-order chi connectivity index (χ0) is 7.02. The summed E-state index contributed by atoms with van der Waals surface area (Å²) in [6.07, 6.45) is 0. The van der Waals surface area contributed by atoms with E-state index in [1.54, 1.807) is 0 Å². The molecule has 2 atom stereocenters. The van der Waals surface area contributed by atoms with Crippen LogP contribution in [-0.2, 0) is 4.79 Å². The molecule has 9 heavy (non-hydrogen) atoms. The van der Waals surface area contributed by atoms with E-state index in [1.165, 1.54) is 0 Å². The van der Waals surface area contributed by atoms with Gasteiger partial charge in [-0.2, -0.15) is 0 Å². The lowest BCUT2D eigenvalue weighted by Gasteiger charge is -2.01. The van der Waals surface area contributed by atoms with Crippen LogP contribution in [0.5, 0.6) is 0 Å². The summed E-state index contributed by atoms with van der Waals surface area (Å²) in [5, 5.41) is 2.78. The van der Waals surface area contributed by atoms with Crippen LogP contribution in [0.4, 0.5) is 0 Å². The van der Waals surface area contributed by atoms with Gasteiger partial charge in [-0.05, 0) is 19.4 Å². The van der Waals surface area contributed by atoms with Gasteiger partial charge in [-0.3, -0.25) is 4.79 Å². The second kappa shape index (κ2) is 1.87. The lowest BCUT2D eigenvalue weighted by molar-refractivity contribution is -0.121. The predicted molar refractivity (Wildman–Crippen MR) is 35.9 cm³/mol. The lowest BCUT2D eigenvalue weighted by Crippen LogP contribution is -2.23. The first-order valence-corrected chi connectivity index (χ1v) is 3.12. The van der Waals surface area contributed by atoms with E-state index in [9.17, 15) is 4.79 Å². The van der Waals surface area contributed by atoms with Crippen LogP contribution in [0.15, 0.2) is 12.2 Å². The summed E-state index contributed by atoms with van der Waals surface area (Å²) in [6.45, 7) is 7.61. The third kappa shape index (κ3) is 0.846. The van der Waals surface area contributed by atoms with Crippen LogP contribution in [0.3, 0.4) is 0 Å². The second-order valence-corrected chi connectivity index (χ2v) is 2.53. The minimum atomic E-state index is 0.0139. The van der Waals surface area contributed by atoms with Gasteiger partial charge >= 0.3 is 0 Å².